The van der Waals surface area contributed by atoms with Crippen molar-refractivity contribution in [2.75, 3.05) is 18.4 Å². The van der Waals surface area contributed by atoms with Crippen LogP contribution < -0.4 is 5.32 Å². The molecule has 150 valence electrons. The second-order valence-corrected chi connectivity index (χ2v) is 10.3. The standard InChI is InChI=1S/C19H23N3O4S2/c1-12-10-22(11-13(2)26-12)28(24,25)15-8-6-14(7-9-15)18(23)21-19-20-16-4-3-5-17(16)27-19/h6-9,12-13H,3-5,10-11H2,1-2H3,(H,20,21,23)/t12-,13-/m1/s1. The lowest BCUT2D eigenvalue weighted by atomic mass is 10.2. The van der Waals surface area contributed by atoms with Crippen LogP contribution >= 0.6 is 11.3 Å². The molecule has 4 rings (SSSR count). The molecule has 0 radical (unpaired) electrons. The van der Waals surface area contributed by atoms with Crippen molar-refractivity contribution >= 4 is 32.4 Å². The number of morpholine rings is 1. The molecule has 9 heteroatoms. The van der Waals surface area contributed by atoms with Crippen LogP contribution in [-0.2, 0) is 27.6 Å². The number of carbonyl (C=O) groups is 1. The number of thiazole rings is 1. The van der Waals surface area contributed by atoms with Crippen molar-refractivity contribution in [3.63, 3.8) is 0 Å². The van der Waals surface area contributed by atoms with Crippen LogP contribution in [0.25, 0.3) is 0 Å². The van der Waals surface area contributed by atoms with Gasteiger partial charge in [0.25, 0.3) is 5.91 Å². The Morgan fingerprint density at radius 2 is 1.86 bits per heavy atom. The highest BCUT2D eigenvalue weighted by Crippen LogP contribution is 2.30. The van der Waals surface area contributed by atoms with Crippen molar-refractivity contribution < 1.29 is 17.9 Å². The minimum atomic E-state index is -3.62. The monoisotopic (exact) mass is 421 g/mol. The molecule has 1 fully saturated rings. The average Bonchev–Trinajstić information content (AvgIpc) is 3.22. The Labute approximate surface area is 168 Å². The van der Waals surface area contributed by atoms with Crippen LogP contribution in [-0.4, -0.2) is 48.9 Å². The number of aryl methyl sites for hydroxylation is 2. The molecule has 1 saturated heterocycles. The van der Waals surface area contributed by atoms with E-state index in [2.05, 4.69) is 10.3 Å². The Bertz CT molecular complexity index is 954. The highest BCUT2D eigenvalue weighted by Gasteiger charge is 2.32. The summed E-state index contributed by atoms with van der Waals surface area (Å²) < 4.78 is 32.8. The Morgan fingerprint density at radius 1 is 1.18 bits per heavy atom. The van der Waals surface area contributed by atoms with Crippen molar-refractivity contribution in [3.05, 3.63) is 40.4 Å². The summed E-state index contributed by atoms with van der Waals surface area (Å²) in [6.45, 7) is 4.37. The van der Waals surface area contributed by atoms with Crippen LogP contribution in [0.4, 0.5) is 5.13 Å². The molecule has 0 saturated carbocycles. The topological polar surface area (TPSA) is 88.6 Å². The van der Waals surface area contributed by atoms with Gasteiger partial charge in [0.15, 0.2) is 5.13 Å². The van der Waals surface area contributed by atoms with Gasteiger partial charge < -0.3 is 4.74 Å². The van der Waals surface area contributed by atoms with Crippen molar-refractivity contribution in [1.82, 2.24) is 9.29 Å². The molecule has 1 aromatic carbocycles. The third-order valence-corrected chi connectivity index (χ3v) is 7.88. The van der Waals surface area contributed by atoms with E-state index < -0.39 is 10.0 Å². The van der Waals surface area contributed by atoms with E-state index in [0.717, 1.165) is 25.0 Å². The fourth-order valence-corrected chi connectivity index (χ4v) is 6.30. The van der Waals surface area contributed by atoms with E-state index in [1.807, 2.05) is 13.8 Å². The maximum absolute atomic E-state index is 12.9. The SMILES string of the molecule is C[C@@H]1CN(S(=O)(=O)c2ccc(C(=O)Nc3nc4c(s3)CCC4)cc2)C[C@@H](C)O1. The number of nitrogens with zero attached hydrogens (tertiary/aromatic N) is 2. The number of sulfonamides is 1. The van der Waals surface area contributed by atoms with Crippen molar-refractivity contribution in [2.45, 2.75) is 50.2 Å². The summed E-state index contributed by atoms with van der Waals surface area (Å²) >= 11 is 1.51. The zero-order valence-corrected chi connectivity index (χ0v) is 17.5. The van der Waals surface area contributed by atoms with E-state index in [4.69, 9.17) is 4.74 Å². The Morgan fingerprint density at radius 3 is 2.50 bits per heavy atom. The van der Waals surface area contributed by atoms with Gasteiger partial charge in [0.05, 0.1) is 22.8 Å². The average molecular weight is 422 g/mol. The maximum atomic E-state index is 12.9. The first-order valence-corrected chi connectivity index (χ1v) is 11.6. The Kier molecular flexibility index (Phi) is 5.26. The van der Waals surface area contributed by atoms with E-state index in [-0.39, 0.29) is 23.0 Å². The number of amides is 1. The Balaban J connectivity index is 1.47. The summed E-state index contributed by atoms with van der Waals surface area (Å²) in [4.78, 5) is 18.3. The predicted octanol–water partition coefficient (Wildman–Crippen LogP) is 2.68. The van der Waals surface area contributed by atoms with Crippen LogP contribution in [0.1, 0.15) is 41.2 Å². The second kappa shape index (κ2) is 7.55. The van der Waals surface area contributed by atoms with E-state index in [1.165, 1.54) is 44.8 Å². The first-order valence-electron chi connectivity index (χ1n) is 9.38. The number of carbonyl (C=O) groups excluding carboxylic acids is 1. The minimum absolute atomic E-state index is 0.150. The van der Waals surface area contributed by atoms with Crippen LogP contribution in [0, 0.1) is 0 Å². The number of ether oxygens (including phenoxy) is 1. The summed E-state index contributed by atoms with van der Waals surface area (Å²) in [7, 11) is -3.62. The van der Waals surface area contributed by atoms with E-state index >= 15 is 0 Å². The van der Waals surface area contributed by atoms with Crippen LogP contribution in [0.3, 0.4) is 0 Å². The fourth-order valence-electron chi connectivity index (χ4n) is 3.67. The van der Waals surface area contributed by atoms with Gasteiger partial charge in [-0.1, -0.05) is 0 Å². The number of benzene rings is 1. The molecule has 0 spiro atoms. The lowest BCUT2D eigenvalue weighted by molar-refractivity contribution is -0.0440. The van der Waals surface area contributed by atoms with Gasteiger partial charge in [0.1, 0.15) is 0 Å². The molecule has 1 amide bonds. The summed E-state index contributed by atoms with van der Waals surface area (Å²) in [6.07, 6.45) is 2.81. The normalized spacial score (nSPS) is 22.8. The molecule has 2 heterocycles. The largest absolute Gasteiger partial charge is 0.373 e. The van der Waals surface area contributed by atoms with Crippen LogP contribution in [0.2, 0.25) is 0 Å². The van der Waals surface area contributed by atoms with Gasteiger partial charge in [-0.25, -0.2) is 13.4 Å². The van der Waals surface area contributed by atoms with Gasteiger partial charge in [-0.05, 0) is 57.4 Å². The zero-order valence-electron chi connectivity index (χ0n) is 15.8. The molecule has 1 N–H and O–H groups in total. The summed E-state index contributed by atoms with van der Waals surface area (Å²) in [5.41, 5.74) is 1.48. The molecular weight excluding hydrogens is 398 g/mol. The van der Waals surface area contributed by atoms with Crippen molar-refractivity contribution in [2.24, 2.45) is 0 Å². The Hall–Kier alpha value is -1.81. The van der Waals surface area contributed by atoms with E-state index in [1.54, 1.807) is 0 Å². The number of nitrogens with one attached hydrogen (secondary N) is 1. The lowest BCUT2D eigenvalue weighted by Gasteiger charge is -2.34. The molecule has 28 heavy (non-hydrogen) atoms. The van der Waals surface area contributed by atoms with Gasteiger partial charge in [0, 0.05) is 23.5 Å². The number of hydrogen-bond acceptors (Lipinski definition) is 6. The molecule has 0 unspecified atom stereocenters. The third kappa shape index (κ3) is 3.84. The minimum Gasteiger partial charge on any atom is -0.373 e. The molecule has 1 aliphatic carbocycles. The van der Waals surface area contributed by atoms with Crippen molar-refractivity contribution in [3.8, 4) is 0 Å². The maximum Gasteiger partial charge on any atom is 0.257 e. The first kappa shape index (κ1) is 19.5. The van der Waals surface area contributed by atoms with Gasteiger partial charge in [0.2, 0.25) is 10.0 Å². The number of anilines is 1. The third-order valence-electron chi connectivity index (χ3n) is 4.96. The molecular formula is C19H23N3O4S2. The number of fused-ring (bicyclic) bond motifs is 1. The summed E-state index contributed by atoms with van der Waals surface area (Å²) in [5, 5.41) is 3.41. The molecule has 2 aliphatic rings. The van der Waals surface area contributed by atoms with Crippen LogP contribution in [0.15, 0.2) is 29.2 Å². The van der Waals surface area contributed by atoms with Gasteiger partial charge >= 0.3 is 0 Å². The predicted molar refractivity (Wildman–Crippen MR) is 107 cm³/mol. The lowest BCUT2D eigenvalue weighted by Crippen LogP contribution is -2.48. The van der Waals surface area contributed by atoms with Gasteiger partial charge in [-0.2, -0.15) is 4.31 Å². The fraction of sp³-hybridized carbons (Fsp3) is 0.474. The first-order chi connectivity index (χ1) is 13.3. The molecule has 1 aliphatic heterocycles. The summed E-state index contributed by atoms with van der Waals surface area (Å²) in [5.74, 6) is -0.287. The highest BCUT2D eigenvalue weighted by molar-refractivity contribution is 7.89. The number of hydrogen-bond donors (Lipinski definition) is 1. The molecule has 2 atom stereocenters. The molecule has 1 aromatic heterocycles. The second-order valence-electron chi connectivity index (χ2n) is 7.30. The van der Waals surface area contributed by atoms with Gasteiger partial charge in [-0.15, -0.1) is 11.3 Å². The zero-order chi connectivity index (χ0) is 19.9. The highest BCUT2D eigenvalue weighted by atomic mass is 32.2. The smallest absolute Gasteiger partial charge is 0.257 e. The van der Waals surface area contributed by atoms with E-state index in [9.17, 15) is 13.2 Å². The molecule has 2 aromatic rings. The van der Waals surface area contributed by atoms with Crippen LogP contribution in [0.5, 0.6) is 0 Å². The quantitative estimate of drug-likeness (QED) is 0.820. The number of rotatable bonds is 4. The van der Waals surface area contributed by atoms with Gasteiger partial charge in [-0.3, -0.25) is 10.1 Å². The number of aromatic nitrogens is 1. The summed E-state index contributed by atoms with van der Waals surface area (Å²) in [6, 6.07) is 6.04. The van der Waals surface area contributed by atoms with Crippen molar-refractivity contribution in [1.29, 1.82) is 0 Å². The molecule has 7 nitrogen and oxygen atoms in total. The van der Waals surface area contributed by atoms with E-state index in [0.29, 0.717) is 23.8 Å². The molecule has 0 bridgehead atoms.